The van der Waals surface area contributed by atoms with E-state index < -0.39 is 0 Å². The quantitative estimate of drug-likeness (QED) is 0.826. The van der Waals surface area contributed by atoms with E-state index in [0.29, 0.717) is 30.6 Å². The van der Waals surface area contributed by atoms with Crippen LogP contribution in [0.4, 0.5) is 0 Å². The van der Waals surface area contributed by atoms with Gasteiger partial charge in [-0.05, 0) is 39.2 Å². The number of hydrogen-bond acceptors (Lipinski definition) is 6. The number of likely N-dealkylation sites (tertiary alicyclic amines) is 2. The van der Waals surface area contributed by atoms with E-state index in [-0.39, 0.29) is 12.0 Å². The highest BCUT2D eigenvalue weighted by Crippen LogP contribution is 2.17. The van der Waals surface area contributed by atoms with Crippen LogP contribution in [0.15, 0.2) is 10.6 Å². The molecule has 2 fully saturated rings. The minimum Gasteiger partial charge on any atom is -0.393 e. The molecule has 7 nitrogen and oxygen atoms in total. The van der Waals surface area contributed by atoms with Crippen molar-refractivity contribution in [1.82, 2.24) is 19.9 Å². The highest BCUT2D eigenvalue weighted by Gasteiger charge is 2.23. The number of nitrogens with zero attached hydrogens (tertiary/aromatic N) is 4. The summed E-state index contributed by atoms with van der Waals surface area (Å²) in [6.07, 6.45) is 5.20. The molecule has 1 amide bonds. The number of aliphatic hydroxyl groups is 1. The topological polar surface area (TPSA) is 73.0 Å². The Hall–Kier alpha value is -1.44. The molecule has 146 valence electrons. The van der Waals surface area contributed by atoms with Crippen molar-refractivity contribution in [3.05, 3.63) is 17.5 Å². The molecule has 2 aliphatic rings. The molecule has 1 aromatic heterocycles. The van der Waals surface area contributed by atoms with Gasteiger partial charge in [-0.15, -0.1) is 0 Å². The summed E-state index contributed by atoms with van der Waals surface area (Å²) in [4.78, 5) is 19.0. The Labute approximate surface area is 155 Å². The van der Waals surface area contributed by atoms with Crippen molar-refractivity contribution in [2.24, 2.45) is 0 Å². The molecule has 2 aliphatic heterocycles. The zero-order chi connectivity index (χ0) is 18.5. The first-order valence-corrected chi connectivity index (χ1v) is 9.88. The summed E-state index contributed by atoms with van der Waals surface area (Å²) in [6, 6.07) is 2.36. The molecule has 3 heterocycles. The van der Waals surface area contributed by atoms with Crippen LogP contribution < -0.4 is 0 Å². The Morgan fingerprint density at radius 1 is 1.31 bits per heavy atom. The monoisotopic (exact) mass is 364 g/mol. The van der Waals surface area contributed by atoms with E-state index in [9.17, 15) is 9.90 Å². The molecule has 7 heteroatoms. The molecule has 26 heavy (non-hydrogen) atoms. The fourth-order valence-electron chi connectivity index (χ4n) is 3.85. The van der Waals surface area contributed by atoms with Crippen molar-refractivity contribution >= 4 is 5.91 Å². The number of carbonyl (C=O) groups is 1. The van der Waals surface area contributed by atoms with Crippen molar-refractivity contribution in [2.75, 3.05) is 39.8 Å². The first-order valence-electron chi connectivity index (χ1n) is 9.88. The van der Waals surface area contributed by atoms with Gasteiger partial charge in [-0.2, -0.15) is 0 Å². The Morgan fingerprint density at radius 2 is 2.08 bits per heavy atom. The summed E-state index contributed by atoms with van der Waals surface area (Å²) in [7, 11) is 1.83. The molecular formula is C19H32N4O3. The van der Waals surface area contributed by atoms with E-state index in [4.69, 9.17) is 4.52 Å². The number of amides is 1. The molecule has 0 spiro atoms. The van der Waals surface area contributed by atoms with Crippen LogP contribution in [0.3, 0.4) is 0 Å². The van der Waals surface area contributed by atoms with Crippen LogP contribution in [0.2, 0.25) is 0 Å². The lowest BCUT2D eigenvalue weighted by molar-refractivity contribution is 0.0732. The van der Waals surface area contributed by atoms with Crippen molar-refractivity contribution in [2.45, 2.75) is 57.7 Å². The zero-order valence-corrected chi connectivity index (χ0v) is 16.1. The third-order valence-electron chi connectivity index (χ3n) is 5.72. The fraction of sp³-hybridized carbons (Fsp3) is 0.789. The number of piperidine rings is 2. The maximum Gasteiger partial charge on any atom is 0.275 e. The highest BCUT2D eigenvalue weighted by molar-refractivity contribution is 5.92. The van der Waals surface area contributed by atoms with Crippen LogP contribution in [-0.4, -0.2) is 82.8 Å². The van der Waals surface area contributed by atoms with Gasteiger partial charge < -0.3 is 14.5 Å². The average Bonchev–Trinajstić information content (AvgIpc) is 3.10. The van der Waals surface area contributed by atoms with Crippen LogP contribution in [-0.2, 0) is 6.54 Å². The van der Waals surface area contributed by atoms with Crippen LogP contribution >= 0.6 is 0 Å². The molecule has 1 N–H and O–H groups in total. The number of likely N-dealkylation sites (N-methyl/N-ethyl adjacent to an activating group) is 1. The van der Waals surface area contributed by atoms with Gasteiger partial charge in [-0.3, -0.25) is 14.6 Å². The van der Waals surface area contributed by atoms with Crippen LogP contribution in [0, 0.1) is 0 Å². The lowest BCUT2D eigenvalue weighted by Gasteiger charge is -2.34. The highest BCUT2D eigenvalue weighted by atomic mass is 16.5. The van der Waals surface area contributed by atoms with E-state index in [0.717, 1.165) is 39.0 Å². The summed E-state index contributed by atoms with van der Waals surface area (Å²) in [5.41, 5.74) is 0.381. The van der Waals surface area contributed by atoms with E-state index >= 15 is 0 Å². The van der Waals surface area contributed by atoms with Crippen molar-refractivity contribution < 1.29 is 14.4 Å². The van der Waals surface area contributed by atoms with Gasteiger partial charge in [-0.1, -0.05) is 11.6 Å². The van der Waals surface area contributed by atoms with E-state index in [1.54, 1.807) is 11.0 Å². The van der Waals surface area contributed by atoms with E-state index in [1.165, 1.54) is 19.3 Å². The third-order valence-corrected chi connectivity index (χ3v) is 5.72. The number of rotatable bonds is 6. The largest absolute Gasteiger partial charge is 0.393 e. The summed E-state index contributed by atoms with van der Waals surface area (Å²) >= 11 is 0. The molecule has 0 unspecified atom stereocenters. The number of aromatic nitrogens is 1. The van der Waals surface area contributed by atoms with E-state index in [1.807, 2.05) is 7.05 Å². The minimum absolute atomic E-state index is 0.0845. The zero-order valence-electron chi connectivity index (χ0n) is 16.1. The van der Waals surface area contributed by atoms with Gasteiger partial charge in [0.05, 0.1) is 12.6 Å². The molecule has 1 aromatic rings. The SMILES string of the molecule is C[C@H]1CCCCN1CCN(C)C(=O)c1cc(CN2CCC(O)CC2)on1. The van der Waals surface area contributed by atoms with E-state index in [2.05, 4.69) is 21.9 Å². The smallest absolute Gasteiger partial charge is 0.275 e. The fourth-order valence-corrected chi connectivity index (χ4v) is 3.85. The Balaban J connectivity index is 1.47. The molecule has 0 bridgehead atoms. The van der Waals surface area contributed by atoms with Gasteiger partial charge in [-0.25, -0.2) is 0 Å². The van der Waals surface area contributed by atoms with Crippen LogP contribution in [0.5, 0.6) is 0 Å². The minimum atomic E-state index is -0.186. The molecule has 2 saturated heterocycles. The number of hydrogen-bond donors (Lipinski definition) is 1. The lowest BCUT2D eigenvalue weighted by atomic mass is 10.0. The summed E-state index contributed by atoms with van der Waals surface area (Å²) in [5, 5.41) is 13.5. The predicted octanol–water partition coefficient (Wildman–Crippen LogP) is 1.58. The van der Waals surface area contributed by atoms with Crippen LogP contribution in [0.25, 0.3) is 0 Å². The molecule has 0 saturated carbocycles. The summed E-state index contributed by atoms with van der Waals surface area (Å²) < 4.78 is 5.36. The normalized spacial score (nSPS) is 23.3. The molecule has 3 rings (SSSR count). The molecular weight excluding hydrogens is 332 g/mol. The second kappa shape index (κ2) is 8.97. The maximum absolute atomic E-state index is 12.6. The van der Waals surface area contributed by atoms with Crippen LogP contribution in [0.1, 0.15) is 55.3 Å². The Bertz CT molecular complexity index is 583. The Morgan fingerprint density at radius 3 is 2.81 bits per heavy atom. The van der Waals surface area contributed by atoms with Gasteiger partial charge in [0.15, 0.2) is 11.5 Å². The second-order valence-electron chi connectivity index (χ2n) is 7.79. The Kier molecular flexibility index (Phi) is 6.67. The van der Waals surface area contributed by atoms with Crippen molar-refractivity contribution in [3.63, 3.8) is 0 Å². The average molecular weight is 364 g/mol. The predicted molar refractivity (Wildman–Crippen MR) is 98.9 cm³/mol. The lowest BCUT2D eigenvalue weighted by Crippen LogP contribution is -2.43. The number of carbonyl (C=O) groups excluding carboxylic acids is 1. The van der Waals surface area contributed by atoms with Gasteiger partial charge in [0.2, 0.25) is 0 Å². The van der Waals surface area contributed by atoms with Gasteiger partial charge >= 0.3 is 0 Å². The van der Waals surface area contributed by atoms with Gasteiger partial charge in [0, 0.05) is 45.3 Å². The number of aliphatic hydroxyl groups excluding tert-OH is 1. The third kappa shape index (κ3) is 5.05. The second-order valence-corrected chi connectivity index (χ2v) is 7.79. The first kappa shape index (κ1) is 19.3. The molecule has 0 aromatic carbocycles. The van der Waals surface area contributed by atoms with Crippen molar-refractivity contribution in [1.29, 1.82) is 0 Å². The standard InChI is InChI=1S/C19H32N4O3/c1-15-5-3-4-8-23(15)12-11-21(2)19(25)18-13-17(26-20-18)14-22-9-6-16(24)7-10-22/h13,15-16,24H,3-12,14H2,1-2H3/t15-/m0/s1. The molecule has 1 atom stereocenters. The summed E-state index contributed by atoms with van der Waals surface area (Å²) in [6.45, 7) is 7.34. The molecule has 0 radical (unpaired) electrons. The van der Waals surface area contributed by atoms with Gasteiger partial charge in [0.1, 0.15) is 0 Å². The summed E-state index contributed by atoms with van der Waals surface area (Å²) in [5.74, 6) is 0.626. The van der Waals surface area contributed by atoms with Gasteiger partial charge in [0.25, 0.3) is 5.91 Å². The first-order chi connectivity index (χ1) is 12.5. The van der Waals surface area contributed by atoms with Crippen molar-refractivity contribution in [3.8, 4) is 0 Å². The maximum atomic E-state index is 12.6. The molecule has 0 aliphatic carbocycles.